The summed E-state index contributed by atoms with van der Waals surface area (Å²) in [7, 11) is -1.60. The van der Waals surface area contributed by atoms with E-state index < -0.39 is 29.2 Å². The van der Waals surface area contributed by atoms with Gasteiger partial charge in [-0.1, -0.05) is 0 Å². The highest BCUT2D eigenvalue weighted by atomic mass is 28.4. The largest absolute Gasteiger partial charge is 0.506 e. The maximum atomic E-state index is 11.2. The van der Waals surface area contributed by atoms with Gasteiger partial charge < -0.3 is 26.6 Å². The fourth-order valence-corrected chi connectivity index (χ4v) is 8.26. The van der Waals surface area contributed by atoms with Gasteiger partial charge in [-0.2, -0.15) is 0 Å². The second kappa shape index (κ2) is 15.7. The minimum atomic E-state index is -3.27. The Kier molecular flexibility index (Phi) is 15.2. The van der Waals surface area contributed by atoms with Crippen LogP contribution in [-0.4, -0.2) is 83.5 Å². The van der Waals surface area contributed by atoms with Crippen LogP contribution in [0.4, 0.5) is 0 Å². The molecule has 168 valence electrons. The SMILES string of the molecule is CCO[Si](OCC)(OCC)C(CCN=C=O)C(CC[Si](OC)(OC)OC)N=C=O. The highest BCUT2D eigenvalue weighted by Gasteiger charge is 2.53. The van der Waals surface area contributed by atoms with Gasteiger partial charge in [0.15, 0.2) is 0 Å². The minimum absolute atomic E-state index is 0.183. The van der Waals surface area contributed by atoms with Crippen LogP contribution in [0, 0.1) is 0 Å². The van der Waals surface area contributed by atoms with Crippen LogP contribution in [0.25, 0.3) is 0 Å². The summed E-state index contributed by atoms with van der Waals surface area (Å²) in [4.78, 5) is 29.5. The Morgan fingerprint density at radius 3 is 1.72 bits per heavy atom. The molecule has 12 heteroatoms. The van der Waals surface area contributed by atoms with E-state index in [0.29, 0.717) is 38.7 Å². The van der Waals surface area contributed by atoms with Gasteiger partial charge in [0.1, 0.15) is 0 Å². The second-order valence-electron chi connectivity index (χ2n) is 5.89. The molecule has 0 heterocycles. The Morgan fingerprint density at radius 2 is 1.34 bits per heavy atom. The standard InChI is InChI=1S/C17H34N2O8Si2/c1-7-25-29(26-8-2,27-9-3)17(10-12-18-14-20)16(19-15-21)11-13-28(22-4,23-5)24-6/h16-17H,7-13H2,1-6H3. The van der Waals surface area contributed by atoms with Gasteiger partial charge in [0.2, 0.25) is 12.2 Å². The first-order valence-corrected chi connectivity index (χ1v) is 13.4. The van der Waals surface area contributed by atoms with Crippen LogP contribution in [-0.2, 0) is 36.1 Å². The summed E-state index contributed by atoms with van der Waals surface area (Å²) in [5.41, 5.74) is -0.418. The Morgan fingerprint density at radius 1 is 0.828 bits per heavy atom. The number of carbonyl (C=O) groups excluding carboxylic acids is 2. The van der Waals surface area contributed by atoms with Crippen molar-refractivity contribution in [2.75, 3.05) is 47.7 Å². The molecule has 0 saturated heterocycles. The van der Waals surface area contributed by atoms with Crippen molar-refractivity contribution in [1.29, 1.82) is 0 Å². The predicted molar refractivity (Wildman–Crippen MR) is 110 cm³/mol. The van der Waals surface area contributed by atoms with Crippen molar-refractivity contribution in [2.24, 2.45) is 9.98 Å². The number of hydrogen-bond donors (Lipinski definition) is 0. The van der Waals surface area contributed by atoms with Crippen LogP contribution < -0.4 is 0 Å². The van der Waals surface area contributed by atoms with Crippen molar-refractivity contribution < 1.29 is 36.1 Å². The van der Waals surface area contributed by atoms with Gasteiger partial charge in [-0.3, -0.25) is 0 Å². The molecule has 0 aromatic heterocycles. The number of rotatable bonds is 18. The predicted octanol–water partition coefficient (Wildman–Crippen LogP) is 2.10. The quantitative estimate of drug-likeness (QED) is 0.177. The van der Waals surface area contributed by atoms with Crippen molar-refractivity contribution >= 4 is 29.8 Å². The average molecular weight is 451 g/mol. The zero-order valence-electron chi connectivity index (χ0n) is 18.3. The van der Waals surface area contributed by atoms with Gasteiger partial charge in [-0.15, -0.1) is 0 Å². The molecule has 0 aromatic carbocycles. The van der Waals surface area contributed by atoms with Crippen LogP contribution in [0.5, 0.6) is 0 Å². The van der Waals surface area contributed by atoms with Crippen molar-refractivity contribution in [2.45, 2.75) is 51.2 Å². The molecular weight excluding hydrogens is 416 g/mol. The number of nitrogens with zero attached hydrogens (tertiary/aromatic N) is 2. The van der Waals surface area contributed by atoms with Crippen molar-refractivity contribution in [3.05, 3.63) is 0 Å². The first kappa shape index (κ1) is 28.0. The van der Waals surface area contributed by atoms with Gasteiger partial charge in [-0.25, -0.2) is 19.6 Å². The maximum Gasteiger partial charge on any atom is 0.506 e. The molecule has 0 radical (unpaired) electrons. The first-order valence-electron chi connectivity index (χ1n) is 9.66. The van der Waals surface area contributed by atoms with Crippen LogP contribution in [0.2, 0.25) is 11.6 Å². The molecule has 0 aliphatic heterocycles. The molecule has 0 spiro atoms. The summed E-state index contributed by atoms with van der Waals surface area (Å²) >= 11 is 0. The molecule has 10 nitrogen and oxygen atoms in total. The van der Waals surface area contributed by atoms with Crippen LogP contribution in [0.1, 0.15) is 33.6 Å². The van der Waals surface area contributed by atoms with Crippen molar-refractivity contribution in [3.8, 4) is 0 Å². The highest BCUT2D eigenvalue weighted by molar-refractivity contribution is 6.63. The molecule has 0 N–H and O–H groups in total. The smallest absolute Gasteiger partial charge is 0.377 e. The third-order valence-electron chi connectivity index (χ3n) is 4.47. The van der Waals surface area contributed by atoms with E-state index in [-0.39, 0.29) is 6.54 Å². The van der Waals surface area contributed by atoms with Crippen LogP contribution >= 0.6 is 0 Å². The molecule has 2 atom stereocenters. The molecule has 0 saturated carbocycles. The topological polar surface area (TPSA) is 114 Å². The van der Waals surface area contributed by atoms with Gasteiger partial charge in [-0.05, 0) is 33.6 Å². The molecular formula is C17H34N2O8Si2. The second-order valence-corrected chi connectivity index (χ2v) is 11.8. The monoisotopic (exact) mass is 450 g/mol. The Hall–Kier alpha value is -1.05. The van der Waals surface area contributed by atoms with E-state index in [0.717, 1.165) is 0 Å². The van der Waals surface area contributed by atoms with Crippen LogP contribution in [0.15, 0.2) is 9.98 Å². The molecule has 2 unspecified atom stereocenters. The van der Waals surface area contributed by atoms with E-state index in [4.69, 9.17) is 26.6 Å². The molecule has 0 aliphatic carbocycles. The Bertz CT molecular complexity index is 512. The fraction of sp³-hybridized carbons (Fsp3) is 0.882. The maximum absolute atomic E-state index is 11.2. The average Bonchev–Trinajstić information content (AvgIpc) is 2.72. The summed E-state index contributed by atoms with van der Waals surface area (Å²) in [5.74, 6) is 0. The number of aliphatic imine (C=N–C) groups is 2. The van der Waals surface area contributed by atoms with E-state index in [1.165, 1.54) is 27.4 Å². The summed E-state index contributed by atoms with van der Waals surface area (Å²) in [5, 5.41) is 0. The van der Waals surface area contributed by atoms with Gasteiger partial charge >= 0.3 is 17.6 Å². The van der Waals surface area contributed by atoms with Crippen molar-refractivity contribution in [1.82, 2.24) is 0 Å². The third-order valence-corrected chi connectivity index (χ3v) is 10.9. The Labute approximate surface area is 175 Å². The molecule has 0 rings (SSSR count). The zero-order chi connectivity index (χ0) is 22.2. The van der Waals surface area contributed by atoms with Gasteiger partial charge in [0, 0.05) is 47.2 Å². The highest BCUT2D eigenvalue weighted by Crippen LogP contribution is 2.37. The molecule has 0 aromatic rings. The molecule has 0 amide bonds. The molecule has 29 heavy (non-hydrogen) atoms. The van der Waals surface area contributed by atoms with E-state index >= 15 is 0 Å². The lowest BCUT2D eigenvalue weighted by atomic mass is 10.1. The summed E-state index contributed by atoms with van der Waals surface area (Å²) < 4.78 is 34.5. The lowest BCUT2D eigenvalue weighted by Crippen LogP contribution is -2.54. The zero-order valence-corrected chi connectivity index (χ0v) is 20.3. The van der Waals surface area contributed by atoms with E-state index in [9.17, 15) is 9.59 Å². The minimum Gasteiger partial charge on any atom is -0.377 e. The van der Waals surface area contributed by atoms with Crippen LogP contribution in [0.3, 0.4) is 0 Å². The van der Waals surface area contributed by atoms with Gasteiger partial charge in [0.25, 0.3) is 0 Å². The Balaban J connectivity index is 6.02. The lowest BCUT2D eigenvalue weighted by molar-refractivity contribution is 0.0562. The first-order chi connectivity index (χ1) is 14.0. The van der Waals surface area contributed by atoms with E-state index in [2.05, 4.69) is 9.98 Å². The number of isocyanates is 2. The van der Waals surface area contributed by atoms with Gasteiger partial charge in [0.05, 0.1) is 18.1 Å². The summed E-state index contributed by atoms with van der Waals surface area (Å²) in [6.45, 7) is 6.81. The van der Waals surface area contributed by atoms with Crippen molar-refractivity contribution in [3.63, 3.8) is 0 Å². The summed E-state index contributed by atoms with van der Waals surface area (Å²) in [6, 6.07) is -0.146. The number of hydrogen-bond acceptors (Lipinski definition) is 10. The normalized spacial score (nSPS) is 14.0. The molecule has 0 bridgehead atoms. The van der Waals surface area contributed by atoms with E-state index in [1.807, 2.05) is 20.8 Å². The molecule has 0 aliphatic rings. The summed E-state index contributed by atoms with van der Waals surface area (Å²) in [6.07, 6.45) is 3.95. The molecule has 0 fully saturated rings. The lowest BCUT2D eigenvalue weighted by Gasteiger charge is -2.38. The fourth-order valence-electron chi connectivity index (χ4n) is 3.21. The van der Waals surface area contributed by atoms with E-state index in [1.54, 1.807) is 6.08 Å². The third kappa shape index (κ3) is 8.69.